The van der Waals surface area contributed by atoms with Gasteiger partial charge in [-0.15, -0.1) is 0 Å². The highest BCUT2D eigenvalue weighted by Crippen LogP contribution is 2.15. The Morgan fingerprint density at radius 1 is 1.27 bits per heavy atom. The van der Waals surface area contributed by atoms with Crippen molar-refractivity contribution in [2.45, 2.75) is 19.5 Å². The third kappa shape index (κ3) is 3.70. The number of hydrogen-bond acceptors (Lipinski definition) is 4. The van der Waals surface area contributed by atoms with Gasteiger partial charge in [0.15, 0.2) is 0 Å². The number of hydrogen-bond donors (Lipinski definition) is 1. The van der Waals surface area contributed by atoms with Gasteiger partial charge in [-0.05, 0) is 42.8 Å². The van der Waals surface area contributed by atoms with E-state index in [0.29, 0.717) is 22.5 Å². The van der Waals surface area contributed by atoms with Crippen LogP contribution in [0.25, 0.3) is 10.9 Å². The molecular weight excluding hydrogens is 354 g/mol. The Labute approximate surface area is 155 Å². The molecular formula is C19H18ClN3O3. The number of nitrogens with one attached hydrogen (secondary N) is 1. The minimum atomic E-state index is -0.698. The standard InChI is InChI=1S/C19H18ClN3O3/c1-12(18(24)21-10-13-3-6-15(26-2)7-4-13)23-11-22-17-8-5-14(20)9-16(17)19(23)25/h3-9,11-12H,10H2,1-2H3,(H,21,24)/t12-/m0/s1. The highest BCUT2D eigenvalue weighted by molar-refractivity contribution is 6.31. The minimum Gasteiger partial charge on any atom is -0.497 e. The summed E-state index contributed by atoms with van der Waals surface area (Å²) in [6.45, 7) is 2.01. The summed E-state index contributed by atoms with van der Waals surface area (Å²) in [6, 6.07) is 11.6. The topological polar surface area (TPSA) is 73.2 Å². The molecule has 0 fully saturated rings. The molecule has 0 aliphatic carbocycles. The average molecular weight is 372 g/mol. The summed E-state index contributed by atoms with van der Waals surface area (Å²) in [5, 5.41) is 3.66. The van der Waals surface area contributed by atoms with Gasteiger partial charge < -0.3 is 10.1 Å². The van der Waals surface area contributed by atoms with Crippen molar-refractivity contribution in [1.29, 1.82) is 0 Å². The summed E-state index contributed by atoms with van der Waals surface area (Å²) < 4.78 is 6.41. The van der Waals surface area contributed by atoms with Gasteiger partial charge in [0.2, 0.25) is 5.91 Å². The monoisotopic (exact) mass is 371 g/mol. The zero-order chi connectivity index (χ0) is 18.7. The number of halogens is 1. The van der Waals surface area contributed by atoms with Crippen LogP contribution in [0.1, 0.15) is 18.5 Å². The van der Waals surface area contributed by atoms with Crippen molar-refractivity contribution in [1.82, 2.24) is 14.9 Å². The fraction of sp³-hybridized carbons (Fsp3) is 0.211. The quantitative estimate of drug-likeness (QED) is 0.748. The van der Waals surface area contributed by atoms with Crippen LogP contribution in [-0.4, -0.2) is 22.6 Å². The second kappa shape index (κ2) is 7.58. The number of methoxy groups -OCH3 is 1. The van der Waals surface area contributed by atoms with Crippen LogP contribution in [0.15, 0.2) is 53.6 Å². The molecule has 0 bridgehead atoms. The molecule has 26 heavy (non-hydrogen) atoms. The van der Waals surface area contributed by atoms with Crippen LogP contribution in [0.4, 0.5) is 0 Å². The van der Waals surface area contributed by atoms with E-state index in [1.54, 1.807) is 32.2 Å². The van der Waals surface area contributed by atoms with Crippen molar-refractivity contribution in [3.8, 4) is 5.75 Å². The molecule has 3 rings (SSSR count). The number of rotatable bonds is 5. The predicted octanol–water partition coefficient (Wildman–Crippen LogP) is 2.94. The summed E-state index contributed by atoms with van der Waals surface area (Å²) in [5.74, 6) is 0.479. The van der Waals surface area contributed by atoms with Crippen molar-refractivity contribution in [2.75, 3.05) is 7.11 Å². The van der Waals surface area contributed by atoms with Gasteiger partial charge in [-0.1, -0.05) is 23.7 Å². The molecule has 0 saturated carbocycles. The van der Waals surface area contributed by atoms with E-state index >= 15 is 0 Å². The SMILES string of the molecule is COc1ccc(CNC(=O)[C@H](C)n2cnc3ccc(Cl)cc3c2=O)cc1. The molecule has 134 valence electrons. The maximum absolute atomic E-state index is 12.6. The fourth-order valence-corrected chi connectivity index (χ4v) is 2.76. The minimum absolute atomic E-state index is 0.272. The summed E-state index contributed by atoms with van der Waals surface area (Å²) in [5.41, 5.74) is 1.17. The molecule has 0 spiro atoms. The van der Waals surface area contributed by atoms with Crippen LogP contribution in [0.2, 0.25) is 5.02 Å². The fourth-order valence-electron chi connectivity index (χ4n) is 2.59. The lowest BCUT2D eigenvalue weighted by molar-refractivity contribution is -0.124. The van der Waals surface area contributed by atoms with Gasteiger partial charge >= 0.3 is 0 Å². The van der Waals surface area contributed by atoms with Crippen molar-refractivity contribution in [3.05, 3.63) is 69.7 Å². The van der Waals surface area contributed by atoms with Crippen LogP contribution >= 0.6 is 11.6 Å². The number of amides is 1. The van der Waals surface area contributed by atoms with Crippen molar-refractivity contribution >= 4 is 28.4 Å². The van der Waals surface area contributed by atoms with Gasteiger partial charge in [-0.25, -0.2) is 4.98 Å². The zero-order valence-corrected chi connectivity index (χ0v) is 15.2. The Kier molecular flexibility index (Phi) is 5.23. The molecule has 6 nitrogen and oxygen atoms in total. The van der Waals surface area contributed by atoms with E-state index in [0.717, 1.165) is 11.3 Å². The van der Waals surface area contributed by atoms with Crippen LogP contribution < -0.4 is 15.6 Å². The van der Waals surface area contributed by atoms with Crippen LogP contribution in [0, 0.1) is 0 Å². The Morgan fingerprint density at radius 2 is 2.00 bits per heavy atom. The average Bonchev–Trinajstić information content (AvgIpc) is 2.66. The predicted molar refractivity (Wildman–Crippen MR) is 101 cm³/mol. The maximum Gasteiger partial charge on any atom is 0.261 e. The maximum atomic E-state index is 12.6. The number of carbonyl (C=O) groups excluding carboxylic acids is 1. The van der Waals surface area contributed by atoms with Crippen LogP contribution in [0.3, 0.4) is 0 Å². The number of carbonyl (C=O) groups is 1. The number of benzene rings is 2. The number of ether oxygens (including phenoxy) is 1. The number of fused-ring (bicyclic) bond motifs is 1. The first-order valence-electron chi connectivity index (χ1n) is 8.06. The van der Waals surface area contributed by atoms with Gasteiger partial charge in [-0.3, -0.25) is 14.2 Å². The van der Waals surface area contributed by atoms with E-state index < -0.39 is 6.04 Å². The highest BCUT2D eigenvalue weighted by Gasteiger charge is 2.17. The molecule has 0 saturated heterocycles. The van der Waals surface area contributed by atoms with E-state index in [1.807, 2.05) is 24.3 Å². The highest BCUT2D eigenvalue weighted by atomic mass is 35.5. The molecule has 1 atom stereocenters. The van der Waals surface area contributed by atoms with Gasteiger partial charge in [0, 0.05) is 11.6 Å². The molecule has 2 aromatic carbocycles. The lowest BCUT2D eigenvalue weighted by Gasteiger charge is -2.15. The molecule has 0 radical (unpaired) electrons. The molecule has 7 heteroatoms. The molecule has 0 aliphatic rings. The van der Waals surface area contributed by atoms with E-state index in [9.17, 15) is 9.59 Å². The molecule has 0 unspecified atom stereocenters. The number of nitrogens with zero attached hydrogens (tertiary/aromatic N) is 2. The Morgan fingerprint density at radius 3 is 2.69 bits per heavy atom. The zero-order valence-electron chi connectivity index (χ0n) is 14.4. The second-order valence-electron chi connectivity index (χ2n) is 5.86. The van der Waals surface area contributed by atoms with Crippen molar-refractivity contribution < 1.29 is 9.53 Å². The molecule has 1 heterocycles. The summed E-state index contributed by atoms with van der Waals surface area (Å²) in [6.07, 6.45) is 1.39. The third-order valence-corrected chi connectivity index (χ3v) is 4.40. The molecule has 1 aromatic heterocycles. The van der Waals surface area contributed by atoms with Gasteiger partial charge in [-0.2, -0.15) is 0 Å². The van der Waals surface area contributed by atoms with Crippen LogP contribution in [-0.2, 0) is 11.3 Å². The first-order chi connectivity index (χ1) is 12.5. The first kappa shape index (κ1) is 17.9. The Hall–Kier alpha value is -2.86. The lowest BCUT2D eigenvalue weighted by atomic mass is 10.2. The molecule has 0 aliphatic heterocycles. The van der Waals surface area contributed by atoms with E-state index in [1.165, 1.54) is 10.9 Å². The molecule has 1 amide bonds. The van der Waals surface area contributed by atoms with Gasteiger partial charge in [0.1, 0.15) is 11.8 Å². The first-order valence-corrected chi connectivity index (χ1v) is 8.44. The van der Waals surface area contributed by atoms with Crippen molar-refractivity contribution in [3.63, 3.8) is 0 Å². The normalized spacial score (nSPS) is 12.0. The number of aromatic nitrogens is 2. The Bertz CT molecular complexity index is 999. The molecule has 3 aromatic rings. The molecule has 1 N–H and O–H groups in total. The summed E-state index contributed by atoms with van der Waals surface area (Å²) >= 11 is 5.96. The summed E-state index contributed by atoms with van der Waals surface area (Å²) in [7, 11) is 1.60. The van der Waals surface area contributed by atoms with E-state index in [4.69, 9.17) is 16.3 Å². The van der Waals surface area contributed by atoms with Gasteiger partial charge in [0.25, 0.3) is 5.56 Å². The van der Waals surface area contributed by atoms with Gasteiger partial charge in [0.05, 0.1) is 24.3 Å². The Balaban J connectivity index is 1.76. The largest absolute Gasteiger partial charge is 0.497 e. The summed E-state index contributed by atoms with van der Waals surface area (Å²) in [4.78, 5) is 29.3. The second-order valence-corrected chi connectivity index (χ2v) is 6.30. The van der Waals surface area contributed by atoms with E-state index in [-0.39, 0.29) is 11.5 Å². The lowest BCUT2D eigenvalue weighted by Crippen LogP contribution is -2.35. The van der Waals surface area contributed by atoms with Crippen molar-refractivity contribution in [2.24, 2.45) is 0 Å². The van der Waals surface area contributed by atoms with E-state index in [2.05, 4.69) is 10.3 Å². The van der Waals surface area contributed by atoms with Crippen LogP contribution in [0.5, 0.6) is 5.75 Å². The smallest absolute Gasteiger partial charge is 0.261 e. The third-order valence-electron chi connectivity index (χ3n) is 4.17.